The Kier molecular flexibility index (Phi) is 6.08. The van der Waals surface area contributed by atoms with Gasteiger partial charge in [-0.15, -0.1) is 0 Å². The molecule has 2 aliphatic heterocycles. The molecule has 1 saturated heterocycles. The van der Waals surface area contributed by atoms with Gasteiger partial charge in [0, 0.05) is 17.8 Å². The molecule has 7 nitrogen and oxygen atoms in total. The molecule has 3 aromatic carbocycles. The number of para-hydroxylation sites is 1. The summed E-state index contributed by atoms with van der Waals surface area (Å²) >= 11 is 0. The Balaban J connectivity index is 1.54. The predicted molar refractivity (Wildman–Crippen MR) is 138 cm³/mol. The summed E-state index contributed by atoms with van der Waals surface area (Å²) in [6.07, 6.45) is 0.627. The van der Waals surface area contributed by atoms with E-state index in [1.165, 1.54) is 0 Å². The number of aryl methyl sites for hydroxylation is 2. The summed E-state index contributed by atoms with van der Waals surface area (Å²) in [6, 6.07) is 20.6. The molecule has 0 aromatic heterocycles. The zero-order chi connectivity index (χ0) is 25.4. The quantitative estimate of drug-likeness (QED) is 0.516. The second-order valence-corrected chi connectivity index (χ2v) is 9.64. The van der Waals surface area contributed by atoms with Crippen molar-refractivity contribution in [2.75, 3.05) is 19.0 Å². The minimum Gasteiger partial charge on any atom is -0.493 e. The van der Waals surface area contributed by atoms with Crippen LogP contribution in [0.5, 0.6) is 11.5 Å². The fourth-order valence-electron chi connectivity index (χ4n) is 5.37. The number of benzene rings is 3. The van der Waals surface area contributed by atoms with Crippen LogP contribution >= 0.6 is 0 Å². The van der Waals surface area contributed by atoms with Gasteiger partial charge in [-0.3, -0.25) is 9.69 Å². The Morgan fingerprint density at radius 1 is 1.11 bits per heavy atom. The molecule has 186 valence electrons. The molecule has 0 aliphatic carbocycles. The number of carbonyl (C=O) groups is 2. The molecule has 7 heteroatoms. The summed E-state index contributed by atoms with van der Waals surface area (Å²) < 4.78 is 12.2. The molecule has 0 spiro atoms. The number of nitrogens with zero attached hydrogens (tertiary/aromatic N) is 1. The highest BCUT2D eigenvalue weighted by Crippen LogP contribution is 2.51. The van der Waals surface area contributed by atoms with Gasteiger partial charge in [0.15, 0.2) is 17.2 Å². The minimum absolute atomic E-state index is 0.215. The molecule has 1 fully saturated rings. The highest BCUT2D eigenvalue weighted by Gasteiger charge is 2.60. The molecular formula is C29H31N3O4. The Labute approximate surface area is 211 Å². The molecule has 2 heterocycles. The number of nitrogens with one attached hydrogen (secondary N) is 2. The maximum atomic E-state index is 13.9. The van der Waals surface area contributed by atoms with E-state index in [2.05, 4.69) is 10.6 Å². The zero-order valence-corrected chi connectivity index (χ0v) is 21.0. The summed E-state index contributed by atoms with van der Waals surface area (Å²) in [5, 5.41) is 6.20. The van der Waals surface area contributed by atoms with Crippen molar-refractivity contribution in [1.82, 2.24) is 10.2 Å². The van der Waals surface area contributed by atoms with Crippen molar-refractivity contribution in [3.8, 4) is 11.5 Å². The molecule has 3 aromatic rings. The van der Waals surface area contributed by atoms with Crippen molar-refractivity contribution in [3.63, 3.8) is 0 Å². The maximum Gasteiger partial charge on any atom is 0.321 e. The first-order valence-corrected chi connectivity index (χ1v) is 12.2. The van der Waals surface area contributed by atoms with Crippen LogP contribution in [-0.4, -0.2) is 36.2 Å². The molecule has 3 amide bonds. The monoisotopic (exact) mass is 485 g/mol. The van der Waals surface area contributed by atoms with Crippen LogP contribution in [0.2, 0.25) is 0 Å². The first-order valence-electron chi connectivity index (χ1n) is 12.2. The number of rotatable bonds is 6. The number of hydrogen-bond donors (Lipinski definition) is 2. The van der Waals surface area contributed by atoms with E-state index < -0.39 is 17.7 Å². The summed E-state index contributed by atoms with van der Waals surface area (Å²) in [5.41, 5.74) is 3.43. The number of hydrogen-bond acceptors (Lipinski definition) is 4. The van der Waals surface area contributed by atoms with Crippen LogP contribution in [0.4, 0.5) is 10.5 Å². The van der Waals surface area contributed by atoms with Gasteiger partial charge in [0.05, 0.1) is 13.2 Å². The van der Waals surface area contributed by atoms with Crippen LogP contribution in [-0.2, 0) is 11.2 Å². The average molecular weight is 486 g/mol. The minimum atomic E-state index is -1.23. The Hall–Kier alpha value is -4.00. The van der Waals surface area contributed by atoms with E-state index in [9.17, 15) is 9.59 Å². The second-order valence-electron chi connectivity index (χ2n) is 9.64. The van der Waals surface area contributed by atoms with E-state index in [1.54, 1.807) is 12.0 Å². The number of amides is 3. The third-order valence-corrected chi connectivity index (χ3v) is 7.23. The SMILES string of the molecule is COc1cccc2c1O[C@@]1(C)[C@H](C(=O)Nc3ccc(C)cc3C)[C@H]2NC(=O)N1CCc1ccccc1. The second kappa shape index (κ2) is 9.22. The molecule has 3 atom stereocenters. The first kappa shape index (κ1) is 23.7. The third-order valence-electron chi connectivity index (χ3n) is 7.23. The van der Waals surface area contributed by atoms with Crippen LogP contribution in [0.3, 0.4) is 0 Å². The van der Waals surface area contributed by atoms with E-state index in [1.807, 2.05) is 87.5 Å². The van der Waals surface area contributed by atoms with Gasteiger partial charge in [0.1, 0.15) is 5.92 Å². The Morgan fingerprint density at radius 2 is 1.89 bits per heavy atom. The lowest BCUT2D eigenvalue weighted by Gasteiger charge is -2.54. The fraction of sp³-hybridized carbons (Fsp3) is 0.310. The molecule has 2 bridgehead atoms. The number of methoxy groups -OCH3 is 1. The lowest BCUT2D eigenvalue weighted by molar-refractivity contribution is -0.154. The third kappa shape index (κ3) is 4.04. The van der Waals surface area contributed by atoms with E-state index in [0.29, 0.717) is 24.5 Å². The molecule has 2 N–H and O–H groups in total. The molecule has 5 rings (SSSR count). The van der Waals surface area contributed by atoms with Gasteiger partial charge in [0.25, 0.3) is 0 Å². The lowest BCUT2D eigenvalue weighted by Crippen LogP contribution is -2.72. The van der Waals surface area contributed by atoms with Crippen molar-refractivity contribution in [2.24, 2.45) is 5.92 Å². The number of urea groups is 1. The topological polar surface area (TPSA) is 79.9 Å². The lowest BCUT2D eigenvalue weighted by atomic mass is 9.78. The van der Waals surface area contributed by atoms with Crippen LogP contribution < -0.4 is 20.1 Å². The number of ether oxygens (including phenoxy) is 2. The largest absolute Gasteiger partial charge is 0.493 e. The average Bonchev–Trinajstić information content (AvgIpc) is 2.85. The normalized spacial score (nSPS) is 22.2. The van der Waals surface area contributed by atoms with E-state index in [4.69, 9.17) is 9.47 Å². The van der Waals surface area contributed by atoms with E-state index in [0.717, 1.165) is 27.9 Å². The Morgan fingerprint density at radius 3 is 2.61 bits per heavy atom. The van der Waals surface area contributed by atoms with E-state index >= 15 is 0 Å². The van der Waals surface area contributed by atoms with Crippen molar-refractivity contribution in [1.29, 1.82) is 0 Å². The summed E-state index contributed by atoms with van der Waals surface area (Å²) in [7, 11) is 1.59. The van der Waals surface area contributed by atoms with Crippen molar-refractivity contribution in [3.05, 3.63) is 89.0 Å². The van der Waals surface area contributed by atoms with Gasteiger partial charge in [-0.05, 0) is 50.5 Å². The molecule has 0 radical (unpaired) electrons. The van der Waals surface area contributed by atoms with Gasteiger partial charge in [-0.1, -0.05) is 60.2 Å². The van der Waals surface area contributed by atoms with E-state index in [-0.39, 0.29) is 11.9 Å². The smallest absolute Gasteiger partial charge is 0.321 e. The highest BCUT2D eigenvalue weighted by atomic mass is 16.5. The van der Waals surface area contributed by atoms with Crippen LogP contribution in [0, 0.1) is 19.8 Å². The highest BCUT2D eigenvalue weighted by molar-refractivity contribution is 5.96. The van der Waals surface area contributed by atoms with Crippen LogP contribution in [0.1, 0.15) is 35.2 Å². The summed E-state index contributed by atoms with van der Waals surface area (Å²) in [4.78, 5) is 28.9. The van der Waals surface area contributed by atoms with Crippen molar-refractivity contribution in [2.45, 2.75) is 39.0 Å². The zero-order valence-electron chi connectivity index (χ0n) is 21.0. The number of anilines is 1. The number of carbonyl (C=O) groups excluding carboxylic acids is 2. The molecule has 36 heavy (non-hydrogen) atoms. The summed E-state index contributed by atoms with van der Waals surface area (Å²) in [6.45, 7) is 6.20. The van der Waals surface area contributed by atoms with Crippen LogP contribution in [0.15, 0.2) is 66.7 Å². The fourth-order valence-corrected chi connectivity index (χ4v) is 5.37. The molecule has 0 saturated carbocycles. The summed E-state index contributed by atoms with van der Waals surface area (Å²) in [5.74, 6) is 0.197. The van der Waals surface area contributed by atoms with Crippen molar-refractivity contribution >= 4 is 17.6 Å². The van der Waals surface area contributed by atoms with Gasteiger partial charge in [-0.25, -0.2) is 4.79 Å². The molecule has 0 unspecified atom stereocenters. The van der Waals surface area contributed by atoms with Gasteiger partial charge in [0.2, 0.25) is 5.91 Å². The van der Waals surface area contributed by atoms with Gasteiger partial charge >= 0.3 is 6.03 Å². The van der Waals surface area contributed by atoms with Gasteiger partial charge < -0.3 is 20.1 Å². The van der Waals surface area contributed by atoms with Crippen LogP contribution in [0.25, 0.3) is 0 Å². The molecule has 2 aliphatic rings. The Bertz CT molecular complexity index is 1310. The predicted octanol–water partition coefficient (Wildman–Crippen LogP) is 4.98. The maximum absolute atomic E-state index is 13.9. The standard InChI is InChI=1S/C29H31N3O4/c1-18-13-14-22(19(2)17-18)30-27(33)24-25-21-11-8-12-23(35-4)26(21)36-29(24,3)32(28(34)31-25)16-15-20-9-6-5-7-10-20/h5-14,17,24-25H,15-16H2,1-4H3,(H,30,33)(H,31,34)/t24-,25-,29-/m0/s1. The molecular weight excluding hydrogens is 454 g/mol. The van der Waals surface area contributed by atoms with Gasteiger partial charge in [-0.2, -0.15) is 0 Å². The van der Waals surface area contributed by atoms with Crippen molar-refractivity contribution < 1.29 is 19.1 Å². The first-order chi connectivity index (χ1) is 17.3. The number of fused-ring (bicyclic) bond motifs is 4.